The predicted octanol–water partition coefficient (Wildman–Crippen LogP) is 2.93. The molecule has 8 heteroatoms. The predicted molar refractivity (Wildman–Crippen MR) is 127 cm³/mol. The number of phenolic OH excluding ortho intramolecular Hbond substituents is 1. The minimum absolute atomic E-state index is 0.0416. The van der Waals surface area contributed by atoms with E-state index in [1.807, 2.05) is 6.92 Å². The summed E-state index contributed by atoms with van der Waals surface area (Å²) in [6.45, 7) is 6.32. The van der Waals surface area contributed by atoms with Crippen LogP contribution in [0.2, 0.25) is 0 Å². The Morgan fingerprint density at radius 2 is 1.71 bits per heavy atom. The zero-order valence-electron chi connectivity index (χ0n) is 19.3. The van der Waals surface area contributed by atoms with Crippen molar-refractivity contribution in [2.45, 2.75) is 19.4 Å². The number of carbonyl (C=O) groups is 2. The average Bonchev–Trinajstić information content (AvgIpc) is 3.12. The van der Waals surface area contributed by atoms with Crippen LogP contribution in [-0.4, -0.2) is 77.7 Å². The number of nitrogens with zero attached hydrogens (tertiary/aromatic N) is 2. The molecule has 0 aliphatic carbocycles. The van der Waals surface area contributed by atoms with Gasteiger partial charge in [0.25, 0.3) is 11.7 Å². The number of phenols is 1. The second-order valence-electron chi connectivity index (χ2n) is 8.41. The number of benzene rings is 2. The Balaban J connectivity index is 1.67. The molecule has 0 bridgehead atoms. The summed E-state index contributed by atoms with van der Waals surface area (Å²) in [5, 5.41) is 20.9. The molecule has 2 saturated heterocycles. The standard InChI is InChI=1S/C26H30N2O6/c1-2-15-34-21-9-5-19(6-10-21)24(30)22-23(18-3-7-20(29)8-4-18)28(26(32)25(22)31)12-11-27-13-16-33-17-14-27/h3-10,23,29-30H,2,11-17H2,1H3/b24-22+/t23-/m1/s1. The van der Waals surface area contributed by atoms with Crippen LogP contribution < -0.4 is 4.74 Å². The van der Waals surface area contributed by atoms with E-state index in [9.17, 15) is 19.8 Å². The molecule has 180 valence electrons. The van der Waals surface area contributed by atoms with Crippen molar-refractivity contribution in [3.63, 3.8) is 0 Å². The molecule has 0 radical (unpaired) electrons. The van der Waals surface area contributed by atoms with Gasteiger partial charge in [-0.05, 0) is 48.4 Å². The fourth-order valence-corrected chi connectivity index (χ4v) is 4.27. The van der Waals surface area contributed by atoms with Crippen molar-refractivity contribution in [2.75, 3.05) is 46.0 Å². The summed E-state index contributed by atoms with van der Waals surface area (Å²) in [6.07, 6.45) is 0.877. The zero-order valence-corrected chi connectivity index (χ0v) is 19.3. The highest BCUT2D eigenvalue weighted by Gasteiger charge is 2.46. The fourth-order valence-electron chi connectivity index (χ4n) is 4.27. The number of hydrogen-bond acceptors (Lipinski definition) is 7. The number of Topliss-reactive ketones (excluding diaryl/α,β-unsaturated/α-hetero) is 1. The number of amides is 1. The normalized spacial score (nSPS) is 20.6. The summed E-state index contributed by atoms with van der Waals surface area (Å²) in [6, 6.07) is 12.4. The first kappa shape index (κ1) is 23.8. The molecule has 4 rings (SSSR count). The van der Waals surface area contributed by atoms with E-state index in [1.165, 1.54) is 17.0 Å². The second kappa shape index (κ2) is 10.7. The Morgan fingerprint density at radius 3 is 2.35 bits per heavy atom. The van der Waals surface area contributed by atoms with Crippen LogP contribution in [0.25, 0.3) is 5.76 Å². The Kier molecular flexibility index (Phi) is 7.49. The third-order valence-corrected chi connectivity index (χ3v) is 6.11. The van der Waals surface area contributed by atoms with Crippen LogP contribution in [0.1, 0.15) is 30.5 Å². The van der Waals surface area contributed by atoms with Crippen molar-refractivity contribution in [3.8, 4) is 11.5 Å². The van der Waals surface area contributed by atoms with E-state index in [-0.39, 0.29) is 17.1 Å². The first-order chi connectivity index (χ1) is 16.5. The molecule has 2 aliphatic rings. The Labute approximate surface area is 199 Å². The maximum absolute atomic E-state index is 13.1. The van der Waals surface area contributed by atoms with E-state index in [0.717, 1.165) is 19.5 Å². The van der Waals surface area contributed by atoms with Gasteiger partial charge in [-0.3, -0.25) is 14.5 Å². The van der Waals surface area contributed by atoms with E-state index in [0.29, 0.717) is 49.8 Å². The molecule has 0 spiro atoms. The van der Waals surface area contributed by atoms with Gasteiger partial charge < -0.3 is 24.6 Å². The Hall–Kier alpha value is -3.36. The molecule has 2 aliphatic heterocycles. The lowest BCUT2D eigenvalue weighted by Crippen LogP contribution is -2.42. The van der Waals surface area contributed by atoms with Gasteiger partial charge in [0.05, 0.1) is 31.4 Å². The molecule has 34 heavy (non-hydrogen) atoms. The SMILES string of the molecule is CCCOc1ccc(/C(O)=C2\C(=O)C(=O)N(CCN3CCOCC3)[C@@H]2c2ccc(O)cc2)cc1. The van der Waals surface area contributed by atoms with Crippen molar-refractivity contribution in [2.24, 2.45) is 0 Å². The van der Waals surface area contributed by atoms with E-state index in [4.69, 9.17) is 9.47 Å². The van der Waals surface area contributed by atoms with Crippen LogP contribution in [0.15, 0.2) is 54.1 Å². The average molecular weight is 467 g/mol. The van der Waals surface area contributed by atoms with Crippen molar-refractivity contribution < 1.29 is 29.3 Å². The van der Waals surface area contributed by atoms with Gasteiger partial charge in [-0.1, -0.05) is 19.1 Å². The molecular formula is C26H30N2O6. The van der Waals surface area contributed by atoms with E-state index in [2.05, 4.69) is 4.90 Å². The van der Waals surface area contributed by atoms with E-state index < -0.39 is 17.7 Å². The third kappa shape index (κ3) is 5.08. The van der Waals surface area contributed by atoms with Gasteiger partial charge in [0, 0.05) is 31.7 Å². The number of rotatable bonds is 8. The Bertz CT molecular complexity index is 1040. The minimum Gasteiger partial charge on any atom is -0.508 e. The lowest BCUT2D eigenvalue weighted by Gasteiger charge is -2.31. The first-order valence-corrected chi connectivity index (χ1v) is 11.6. The number of ether oxygens (including phenoxy) is 2. The maximum Gasteiger partial charge on any atom is 0.295 e. The lowest BCUT2D eigenvalue weighted by molar-refractivity contribution is -0.140. The number of carbonyl (C=O) groups excluding carboxylic acids is 2. The monoisotopic (exact) mass is 466 g/mol. The molecule has 2 aromatic carbocycles. The van der Waals surface area contributed by atoms with Crippen LogP contribution >= 0.6 is 0 Å². The van der Waals surface area contributed by atoms with Crippen LogP contribution in [0, 0.1) is 0 Å². The highest BCUT2D eigenvalue weighted by atomic mass is 16.5. The van der Waals surface area contributed by atoms with Crippen molar-refractivity contribution >= 4 is 17.4 Å². The first-order valence-electron chi connectivity index (χ1n) is 11.6. The van der Waals surface area contributed by atoms with Gasteiger partial charge in [-0.2, -0.15) is 0 Å². The number of ketones is 1. The maximum atomic E-state index is 13.1. The molecule has 1 atom stereocenters. The summed E-state index contributed by atoms with van der Waals surface area (Å²) in [5.74, 6) is -0.844. The van der Waals surface area contributed by atoms with Gasteiger partial charge in [-0.15, -0.1) is 0 Å². The number of morpholine rings is 1. The summed E-state index contributed by atoms with van der Waals surface area (Å²) in [7, 11) is 0. The topological polar surface area (TPSA) is 99.5 Å². The number of aliphatic hydroxyl groups is 1. The molecule has 2 N–H and O–H groups in total. The molecule has 2 aromatic rings. The lowest BCUT2D eigenvalue weighted by atomic mass is 9.95. The van der Waals surface area contributed by atoms with E-state index >= 15 is 0 Å². The van der Waals surface area contributed by atoms with Gasteiger partial charge in [0.1, 0.15) is 17.3 Å². The molecule has 0 unspecified atom stereocenters. The van der Waals surface area contributed by atoms with Crippen molar-refractivity contribution in [1.29, 1.82) is 0 Å². The Morgan fingerprint density at radius 1 is 1.03 bits per heavy atom. The summed E-state index contributed by atoms with van der Waals surface area (Å²) < 4.78 is 11.0. The quantitative estimate of drug-likeness (QED) is 0.351. The number of likely N-dealkylation sites (tertiary alicyclic amines) is 1. The van der Waals surface area contributed by atoms with Gasteiger partial charge in [0.15, 0.2) is 0 Å². The molecule has 0 saturated carbocycles. The number of aromatic hydroxyl groups is 1. The fraction of sp³-hybridized carbons (Fsp3) is 0.385. The van der Waals surface area contributed by atoms with E-state index in [1.54, 1.807) is 36.4 Å². The minimum atomic E-state index is -0.752. The largest absolute Gasteiger partial charge is 0.508 e. The smallest absolute Gasteiger partial charge is 0.295 e. The van der Waals surface area contributed by atoms with Gasteiger partial charge in [0.2, 0.25) is 0 Å². The van der Waals surface area contributed by atoms with Crippen LogP contribution in [0.3, 0.4) is 0 Å². The number of hydrogen-bond donors (Lipinski definition) is 2. The molecule has 2 fully saturated rings. The molecule has 8 nitrogen and oxygen atoms in total. The summed E-state index contributed by atoms with van der Waals surface area (Å²) in [5.41, 5.74) is 1.11. The third-order valence-electron chi connectivity index (χ3n) is 6.11. The van der Waals surface area contributed by atoms with Crippen LogP contribution in [0.4, 0.5) is 0 Å². The van der Waals surface area contributed by atoms with Crippen molar-refractivity contribution in [1.82, 2.24) is 9.80 Å². The molecule has 0 aromatic heterocycles. The summed E-state index contributed by atoms with van der Waals surface area (Å²) in [4.78, 5) is 29.9. The molecule has 2 heterocycles. The van der Waals surface area contributed by atoms with Crippen molar-refractivity contribution in [3.05, 3.63) is 65.2 Å². The zero-order chi connectivity index (χ0) is 24.1. The number of aliphatic hydroxyl groups excluding tert-OH is 1. The molecule has 1 amide bonds. The highest BCUT2D eigenvalue weighted by molar-refractivity contribution is 6.46. The van der Waals surface area contributed by atoms with Gasteiger partial charge >= 0.3 is 0 Å². The second-order valence-corrected chi connectivity index (χ2v) is 8.41. The van der Waals surface area contributed by atoms with Crippen LogP contribution in [0.5, 0.6) is 11.5 Å². The van der Waals surface area contributed by atoms with Crippen LogP contribution in [-0.2, 0) is 14.3 Å². The molecular weight excluding hydrogens is 436 g/mol. The highest BCUT2D eigenvalue weighted by Crippen LogP contribution is 2.39. The van der Waals surface area contributed by atoms with Gasteiger partial charge in [-0.25, -0.2) is 0 Å². The summed E-state index contributed by atoms with van der Waals surface area (Å²) >= 11 is 0.